The smallest absolute Gasteiger partial charge is 0.237 e. The zero-order chi connectivity index (χ0) is 17.7. The second kappa shape index (κ2) is 7.69. The van der Waals surface area contributed by atoms with E-state index in [1.165, 1.54) is 11.1 Å². The molecular formula is C23H29N2+. The monoisotopic (exact) mass is 333 g/mol. The van der Waals surface area contributed by atoms with Crippen LogP contribution in [0.4, 0.5) is 0 Å². The molecule has 0 aliphatic carbocycles. The fraction of sp³-hybridized carbons (Fsp3) is 0.348. The van der Waals surface area contributed by atoms with Gasteiger partial charge in [-0.1, -0.05) is 74.5 Å². The number of hydrogen-bond acceptors (Lipinski definition) is 0. The molecule has 1 heterocycles. The maximum Gasteiger partial charge on any atom is 0.243 e. The molecule has 1 aromatic heterocycles. The van der Waals surface area contributed by atoms with Gasteiger partial charge in [0.15, 0.2) is 0 Å². The highest BCUT2D eigenvalue weighted by Gasteiger charge is 2.37. The van der Waals surface area contributed by atoms with E-state index in [0.717, 1.165) is 19.4 Å². The van der Waals surface area contributed by atoms with E-state index in [2.05, 4.69) is 109 Å². The molecular weight excluding hydrogens is 304 g/mol. The molecule has 2 unspecified atom stereocenters. The topological polar surface area (TPSA) is 8.81 Å². The van der Waals surface area contributed by atoms with Crippen molar-refractivity contribution in [1.29, 1.82) is 0 Å². The molecule has 0 fully saturated rings. The number of aromatic nitrogens is 2. The van der Waals surface area contributed by atoms with Gasteiger partial charge in [-0.15, -0.1) is 0 Å². The van der Waals surface area contributed by atoms with Crippen LogP contribution in [0.25, 0.3) is 0 Å². The van der Waals surface area contributed by atoms with Gasteiger partial charge in [0.1, 0.15) is 18.4 Å². The predicted molar refractivity (Wildman–Crippen MR) is 104 cm³/mol. The lowest BCUT2D eigenvalue weighted by Gasteiger charge is -2.34. The van der Waals surface area contributed by atoms with E-state index in [1.807, 2.05) is 0 Å². The first-order valence-electron chi connectivity index (χ1n) is 9.29. The van der Waals surface area contributed by atoms with E-state index in [0.29, 0.717) is 6.04 Å². The van der Waals surface area contributed by atoms with Crippen LogP contribution in [0.3, 0.4) is 0 Å². The van der Waals surface area contributed by atoms with Gasteiger partial charge in [-0.25, -0.2) is 9.13 Å². The SMILES string of the molecule is CCC[n+]1ccn(C(C)C(C)(Cc2ccccc2)c2ccccc2)c1. The van der Waals surface area contributed by atoms with Crippen LogP contribution < -0.4 is 4.57 Å². The molecule has 0 bridgehead atoms. The highest BCUT2D eigenvalue weighted by atomic mass is 15.1. The van der Waals surface area contributed by atoms with Crippen LogP contribution in [-0.2, 0) is 18.4 Å². The highest BCUT2D eigenvalue weighted by molar-refractivity contribution is 5.30. The van der Waals surface area contributed by atoms with E-state index >= 15 is 0 Å². The zero-order valence-electron chi connectivity index (χ0n) is 15.6. The fourth-order valence-electron chi connectivity index (χ4n) is 3.69. The number of benzene rings is 2. The largest absolute Gasteiger partial charge is 0.243 e. The summed E-state index contributed by atoms with van der Waals surface area (Å²) in [6, 6.07) is 22.1. The Morgan fingerprint density at radius 2 is 1.64 bits per heavy atom. The van der Waals surface area contributed by atoms with Crippen molar-refractivity contribution in [3.05, 3.63) is 90.5 Å². The van der Waals surface area contributed by atoms with Crippen LogP contribution in [0.15, 0.2) is 79.4 Å². The van der Waals surface area contributed by atoms with Crippen molar-refractivity contribution in [2.75, 3.05) is 0 Å². The number of imidazole rings is 1. The van der Waals surface area contributed by atoms with Crippen molar-refractivity contribution < 1.29 is 4.57 Å². The number of rotatable bonds is 7. The number of hydrogen-bond donors (Lipinski definition) is 0. The Bertz CT molecular complexity index is 776. The summed E-state index contributed by atoms with van der Waals surface area (Å²) in [6.07, 6.45) is 8.83. The second-order valence-corrected chi connectivity index (χ2v) is 7.22. The van der Waals surface area contributed by atoms with E-state index in [4.69, 9.17) is 0 Å². The third-order valence-corrected chi connectivity index (χ3v) is 5.41. The molecule has 2 heteroatoms. The molecule has 0 saturated carbocycles. The van der Waals surface area contributed by atoms with Gasteiger partial charge in [-0.3, -0.25) is 0 Å². The van der Waals surface area contributed by atoms with E-state index < -0.39 is 0 Å². The lowest BCUT2D eigenvalue weighted by Crippen LogP contribution is -2.36. The number of aryl methyl sites for hydroxylation is 1. The summed E-state index contributed by atoms with van der Waals surface area (Å²) in [5, 5.41) is 0. The van der Waals surface area contributed by atoms with Crippen molar-refractivity contribution >= 4 is 0 Å². The first kappa shape index (κ1) is 17.5. The molecule has 2 atom stereocenters. The molecule has 0 aliphatic rings. The summed E-state index contributed by atoms with van der Waals surface area (Å²) in [5.41, 5.74) is 2.79. The average molecular weight is 333 g/mol. The summed E-state index contributed by atoms with van der Waals surface area (Å²) in [4.78, 5) is 0. The predicted octanol–water partition coefficient (Wildman–Crippen LogP) is 4.95. The molecule has 3 rings (SSSR count). The minimum absolute atomic E-state index is 0.0195. The Labute approximate surface area is 151 Å². The van der Waals surface area contributed by atoms with Crippen LogP contribution in [0.1, 0.15) is 44.4 Å². The summed E-state index contributed by atoms with van der Waals surface area (Å²) in [6.45, 7) is 8.02. The standard InChI is InChI=1S/C23H29N2/c1-4-15-24-16-17-25(19-24)20(2)23(3,22-13-9-6-10-14-22)18-21-11-7-5-8-12-21/h5-14,16-17,19-20H,4,15,18H2,1-3H3/q+1. The molecule has 0 aliphatic heterocycles. The summed E-state index contributed by atoms with van der Waals surface area (Å²) in [5.74, 6) is 0. The van der Waals surface area contributed by atoms with Gasteiger partial charge in [0.25, 0.3) is 0 Å². The Morgan fingerprint density at radius 3 is 2.28 bits per heavy atom. The maximum atomic E-state index is 2.39. The van der Waals surface area contributed by atoms with Crippen LogP contribution >= 0.6 is 0 Å². The van der Waals surface area contributed by atoms with E-state index in [-0.39, 0.29) is 5.41 Å². The van der Waals surface area contributed by atoms with Crippen molar-refractivity contribution in [3.63, 3.8) is 0 Å². The Hall–Kier alpha value is -2.35. The zero-order valence-corrected chi connectivity index (χ0v) is 15.6. The molecule has 0 spiro atoms. The van der Waals surface area contributed by atoms with Crippen molar-refractivity contribution in [2.45, 2.75) is 51.6 Å². The molecule has 0 radical (unpaired) electrons. The summed E-state index contributed by atoms with van der Waals surface area (Å²) < 4.78 is 4.65. The van der Waals surface area contributed by atoms with Gasteiger partial charge in [0, 0.05) is 5.41 Å². The molecule has 0 amide bonds. The van der Waals surface area contributed by atoms with Gasteiger partial charge in [0.05, 0.1) is 6.54 Å². The lowest BCUT2D eigenvalue weighted by molar-refractivity contribution is -0.696. The van der Waals surface area contributed by atoms with Crippen LogP contribution in [0.5, 0.6) is 0 Å². The van der Waals surface area contributed by atoms with Gasteiger partial charge in [0.2, 0.25) is 6.33 Å². The Balaban J connectivity index is 1.97. The first-order chi connectivity index (χ1) is 12.1. The quantitative estimate of drug-likeness (QED) is 0.541. The van der Waals surface area contributed by atoms with Gasteiger partial charge in [-0.05, 0) is 30.9 Å². The van der Waals surface area contributed by atoms with Crippen molar-refractivity contribution in [3.8, 4) is 0 Å². The molecule has 130 valence electrons. The molecule has 2 nitrogen and oxygen atoms in total. The van der Waals surface area contributed by atoms with Crippen molar-refractivity contribution in [1.82, 2.24) is 4.57 Å². The fourth-order valence-corrected chi connectivity index (χ4v) is 3.69. The van der Waals surface area contributed by atoms with Crippen LogP contribution in [0, 0.1) is 0 Å². The molecule has 3 aromatic rings. The summed E-state index contributed by atoms with van der Waals surface area (Å²) >= 11 is 0. The minimum atomic E-state index is 0.0195. The Morgan fingerprint density at radius 1 is 1.00 bits per heavy atom. The molecule has 0 saturated heterocycles. The third-order valence-electron chi connectivity index (χ3n) is 5.41. The van der Waals surface area contributed by atoms with Gasteiger partial charge < -0.3 is 0 Å². The minimum Gasteiger partial charge on any atom is -0.237 e. The second-order valence-electron chi connectivity index (χ2n) is 7.22. The van der Waals surface area contributed by atoms with E-state index in [1.54, 1.807) is 0 Å². The molecule has 25 heavy (non-hydrogen) atoms. The van der Waals surface area contributed by atoms with Crippen LogP contribution in [-0.4, -0.2) is 4.57 Å². The lowest BCUT2D eigenvalue weighted by atomic mass is 9.72. The van der Waals surface area contributed by atoms with Crippen molar-refractivity contribution in [2.24, 2.45) is 0 Å². The Kier molecular flexibility index (Phi) is 5.37. The molecule has 2 aromatic carbocycles. The van der Waals surface area contributed by atoms with Gasteiger partial charge in [-0.2, -0.15) is 0 Å². The first-order valence-corrected chi connectivity index (χ1v) is 9.29. The maximum absolute atomic E-state index is 2.39. The average Bonchev–Trinajstić information content (AvgIpc) is 3.11. The summed E-state index contributed by atoms with van der Waals surface area (Å²) in [7, 11) is 0. The third kappa shape index (κ3) is 3.84. The van der Waals surface area contributed by atoms with Crippen LogP contribution in [0.2, 0.25) is 0 Å². The number of nitrogens with zero attached hydrogens (tertiary/aromatic N) is 2. The normalized spacial score (nSPS) is 14.8. The van der Waals surface area contributed by atoms with Gasteiger partial charge >= 0.3 is 0 Å². The molecule has 0 N–H and O–H groups in total. The highest BCUT2D eigenvalue weighted by Crippen LogP contribution is 2.38. The van der Waals surface area contributed by atoms with E-state index in [9.17, 15) is 0 Å².